The quantitative estimate of drug-likeness (QED) is 0.686. The third kappa shape index (κ3) is 2.88. The maximum Gasteiger partial charge on any atom is 0.326 e. The van der Waals surface area contributed by atoms with Crippen molar-refractivity contribution in [3.63, 3.8) is 0 Å². The van der Waals surface area contributed by atoms with E-state index in [1.54, 1.807) is 6.07 Å². The normalized spacial score (nSPS) is 18.7. The Labute approximate surface area is 124 Å². The van der Waals surface area contributed by atoms with Gasteiger partial charge in [0, 0.05) is 0 Å². The maximum absolute atomic E-state index is 13.1. The topological polar surface area (TPSA) is 57.6 Å². The van der Waals surface area contributed by atoms with Gasteiger partial charge in [-0.15, -0.1) is 0 Å². The van der Waals surface area contributed by atoms with Crippen molar-refractivity contribution in [2.45, 2.75) is 13.0 Å². The number of aliphatic carboxylic acids is 1. The summed E-state index contributed by atoms with van der Waals surface area (Å²) in [6, 6.07) is 4.74. The third-order valence-electron chi connectivity index (χ3n) is 2.71. The van der Waals surface area contributed by atoms with Crippen LogP contribution in [-0.2, 0) is 9.59 Å². The monoisotopic (exact) mass is 311 g/mol. The van der Waals surface area contributed by atoms with E-state index in [0.717, 1.165) is 16.7 Å². The van der Waals surface area contributed by atoms with Gasteiger partial charge in [-0.05, 0) is 30.7 Å². The maximum atomic E-state index is 13.1. The molecule has 1 saturated heterocycles. The van der Waals surface area contributed by atoms with Gasteiger partial charge in [0.1, 0.15) is 16.2 Å². The second kappa shape index (κ2) is 5.72. The van der Waals surface area contributed by atoms with E-state index in [0.29, 0.717) is 5.56 Å². The molecule has 7 heteroatoms. The van der Waals surface area contributed by atoms with Crippen LogP contribution in [0.2, 0.25) is 0 Å². The van der Waals surface area contributed by atoms with Gasteiger partial charge in [0.05, 0.1) is 4.91 Å². The van der Waals surface area contributed by atoms with Crippen LogP contribution in [-0.4, -0.2) is 32.2 Å². The first-order valence-electron chi connectivity index (χ1n) is 5.65. The Hall–Kier alpha value is -1.73. The average Bonchev–Trinajstić information content (AvgIpc) is 2.63. The number of hydrogen-bond acceptors (Lipinski definition) is 4. The minimum absolute atomic E-state index is 0.188. The number of carboxylic acid groups (broad SMARTS) is 1. The van der Waals surface area contributed by atoms with E-state index in [2.05, 4.69) is 0 Å². The van der Waals surface area contributed by atoms with E-state index in [1.807, 2.05) is 0 Å². The number of thiocarbonyl (C=S) groups is 1. The molecule has 20 heavy (non-hydrogen) atoms. The fraction of sp³-hybridized carbons (Fsp3) is 0.154. The Morgan fingerprint density at radius 3 is 2.85 bits per heavy atom. The molecular formula is C13H10FNO3S2. The van der Waals surface area contributed by atoms with Gasteiger partial charge >= 0.3 is 5.97 Å². The number of halogens is 1. The third-order valence-corrected chi connectivity index (χ3v) is 4.05. The molecule has 0 unspecified atom stereocenters. The highest BCUT2D eigenvalue weighted by molar-refractivity contribution is 8.26. The fourth-order valence-electron chi connectivity index (χ4n) is 1.67. The van der Waals surface area contributed by atoms with E-state index in [1.165, 1.54) is 31.2 Å². The smallest absolute Gasteiger partial charge is 0.326 e. The van der Waals surface area contributed by atoms with Crippen molar-refractivity contribution in [3.8, 4) is 0 Å². The van der Waals surface area contributed by atoms with Crippen LogP contribution in [0.5, 0.6) is 0 Å². The van der Waals surface area contributed by atoms with Gasteiger partial charge < -0.3 is 5.11 Å². The van der Waals surface area contributed by atoms with Crippen molar-refractivity contribution in [2.75, 3.05) is 0 Å². The molecule has 0 bridgehead atoms. The lowest BCUT2D eigenvalue weighted by Crippen LogP contribution is -2.41. The highest BCUT2D eigenvalue weighted by Crippen LogP contribution is 2.33. The lowest BCUT2D eigenvalue weighted by molar-refractivity contribution is -0.144. The summed E-state index contributed by atoms with van der Waals surface area (Å²) in [5.41, 5.74) is 0.522. The number of hydrogen-bond donors (Lipinski definition) is 1. The van der Waals surface area contributed by atoms with Crippen molar-refractivity contribution in [1.82, 2.24) is 4.90 Å². The van der Waals surface area contributed by atoms with Crippen LogP contribution in [0.3, 0.4) is 0 Å². The molecule has 1 aromatic carbocycles. The summed E-state index contributed by atoms with van der Waals surface area (Å²) in [5, 5.41) is 8.96. The van der Waals surface area contributed by atoms with Crippen molar-refractivity contribution in [1.29, 1.82) is 0 Å². The fourth-order valence-corrected chi connectivity index (χ4v) is 3.09. The number of thioether (sulfide) groups is 1. The molecule has 1 amide bonds. The van der Waals surface area contributed by atoms with Crippen molar-refractivity contribution in [3.05, 3.63) is 40.6 Å². The Balaban J connectivity index is 2.30. The van der Waals surface area contributed by atoms with Gasteiger partial charge in [-0.3, -0.25) is 9.69 Å². The molecule has 0 aliphatic carbocycles. The van der Waals surface area contributed by atoms with Gasteiger partial charge in [0.25, 0.3) is 5.91 Å². The Kier molecular flexibility index (Phi) is 4.20. The predicted octanol–water partition coefficient (Wildman–Crippen LogP) is 2.50. The molecule has 1 heterocycles. The lowest BCUT2D eigenvalue weighted by atomic mass is 10.2. The number of nitrogens with zero attached hydrogens (tertiary/aromatic N) is 1. The van der Waals surface area contributed by atoms with Gasteiger partial charge in [-0.25, -0.2) is 9.18 Å². The summed E-state index contributed by atoms with van der Waals surface area (Å²) in [6.07, 6.45) is 1.50. The molecule has 104 valence electrons. The van der Waals surface area contributed by atoms with Gasteiger partial charge in [0.2, 0.25) is 0 Å². The van der Waals surface area contributed by atoms with E-state index < -0.39 is 23.7 Å². The highest BCUT2D eigenvalue weighted by atomic mass is 32.2. The minimum atomic E-state index is -1.13. The molecule has 1 atom stereocenters. The van der Waals surface area contributed by atoms with E-state index >= 15 is 0 Å². The first kappa shape index (κ1) is 14.7. The zero-order valence-corrected chi connectivity index (χ0v) is 12.0. The average molecular weight is 311 g/mol. The molecule has 1 aromatic rings. The molecule has 0 radical (unpaired) electrons. The SMILES string of the molecule is C[C@@H](C(=O)O)N1C(=O)/C(=C\c2cccc(F)c2)SC1=S. The molecule has 1 aliphatic heterocycles. The van der Waals surface area contributed by atoms with Crippen LogP contribution in [0.15, 0.2) is 29.2 Å². The summed E-state index contributed by atoms with van der Waals surface area (Å²) >= 11 is 6.03. The summed E-state index contributed by atoms with van der Waals surface area (Å²) in [7, 11) is 0. The molecule has 2 rings (SSSR count). The van der Waals surface area contributed by atoms with E-state index in [9.17, 15) is 14.0 Å². The number of amides is 1. The molecule has 1 aliphatic rings. The molecule has 0 aromatic heterocycles. The Morgan fingerprint density at radius 2 is 2.25 bits per heavy atom. The van der Waals surface area contributed by atoms with Crippen molar-refractivity contribution < 1.29 is 19.1 Å². The summed E-state index contributed by atoms with van der Waals surface area (Å²) in [6.45, 7) is 1.39. The van der Waals surface area contributed by atoms with Crippen LogP contribution in [0.1, 0.15) is 12.5 Å². The number of benzene rings is 1. The van der Waals surface area contributed by atoms with Crippen LogP contribution in [0, 0.1) is 5.82 Å². The summed E-state index contributed by atoms with van der Waals surface area (Å²) in [5.74, 6) is -2.01. The zero-order valence-electron chi connectivity index (χ0n) is 10.4. The number of carboxylic acids is 1. The molecule has 4 nitrogen and oxygen atoms in total. The minimum Gasteiger partial charge on any atom is -0.480 e. The zero-order chi connectivity index (χ0) is 14.9. The van der Waals surface area contributed by atoms with Crippen LogP contribution in [0.4, 0.5) is 4.39 Å². The van der Waals surface area contributed by atoms with Crippen molar-refractivity contribution >= 4 is 46.3 Å². The largest absolute Gasteiger partial charge is 0.480 e. The predicted molar refractivity (Wildman–Crippen MR) is 78.5 cm³/mol. The van der Waals surface area contributed by atoms with Gasteiger partial charge in [-0.1, -0.05) is 36.1 Å². The Bertz CT molecular complexity index is 630. The Morgan fingerprint density at radius 1 is 1.55 bits per heavy atom. The molecule has 1 fully saturated rings. The number of rotatable bonds is 3. The first-order valence-corrected chi connectivity index (χ1v) is 6.88. The standard InChI is InChI=1S/C13H10FNO3S2/c1-7(12(17)18)15-11(16)10(20-13(15)19)6-8-3-2-4-9(14)5-8/h2-7H,1H3,(H,17,18)/b10-6+/t7-/m0/s1. The summed E-state index contributed by atoms with van der Waals surface area (Å²) in [4.78, 5) is 24.4. The van der Waals surface area contributed by atoms with Crippen molar-refractivity contribution in [2.24, 2.45) is 0 Å². The highest BCUT2D eigenvalue weighted by Gasteiger charge is 2.38. The van der Waals surface area contributed by atoms with Crippen LogP contribution < -0.4 is 0 Å². The van der Waals surface area contributed by atoms with E-state index in [4.69, 9.17) is 17.3 Å². The molecule has 1 N–H and O–H groups in total. The van der Waals surface area contributed by atoms with E-state index in [-0.39, 0.29) is 9.23 Å². The summed E-state index contributed by atoms with van der Waals surface area (Å²) < 4.78 is 13.3. The second-order valence-corrected chi connectivity index (χ2v) is 5.80. The molecule has 0 spiro atoms. The first-order chi connectivity index (χ1) is 9.40. The molecule has 0 saturated carbocycles. The number of carbonyl (C=O) groups excluding carboxylic acids is 1. The van der Waals surface area contributed by atoms with Gasteiger partial charge in [0.15, 0.2) is 0 Å². The van der Waals surface area contributed by atoms with Gasteiger partial charge in [-0.2, -0.15) is 0 Å². The molecular weight excluding hydrogens is 301 g/mol. The van der Waals surface area contributed by atoms with Crippen LogP contribution in [0.25, 0.3) is 6.08 Å². The van der Waals surface area contributed by atoms with Crippen LogP contribution >= 0.6 is 24.0 Å². The lowest BCUT2D eigenvalue weighted by Gasteiger charge is -2.18. The second-order valence-electron chi connectivity index (χ2n) is 4.12. The number of carbonyl (C=O) groups is 2.